The van der Waals surface area contributed by atoms with Crippen molar-refractivity contribution in [1.82, 2.24) is 15.1 Å². The Labute approximate surface area is 143 Å². The van der Waals surface area contributed by atoms with Gasteiger partial charge in [0.2, 0.25) is 5.91 Å². The Morgan fingerprint density at radius 2 is 2.00 bits per heavy atom. The van der Waals surface area contributed by atoms with Crippen LogP contribution in [0.5, 0.6) is 0 Å². The summed E-state index contributed by atoms with van der Waals surface area (Å²) in [6, 6.07) is 14.2. The maximum absolute atomic E-state index is 12.5. The minimum absolute atomic E-state index is 0.0907. The summed E-state index contributed by atoms with van der Waals surface area (Å²) >= 11 is 5.88. The summed E-state index contributed by atoms with van der Waals surface area (Å²) in [5, 5.41) is 10.8. The highest BCUT2D eigenvalue weighted by Crippen LogP contribution is 2.17. The van der Waals surface area contributed by atoms with Gasteiger partial charge in [-0.3, -0.25) is 14.7 Å². The highest BCUT2D eigenvalue weighted by Gasteiger charge is 2.20. The molecular weight excluding hydrogens is 328 g/mol. The van der Waals surface area contributed by atoms with E-state index in [-0.39, 0.29) is 18.4 Å². The van der Waals surface area contributed by atoms with Crippen LogP contribution in [-0.4, -0.2) is 40.5 Å². The molecule has 0 fully saturated rings. The number of halogens is 1. The average Bonchev–Trinajstić information content (AvgIpc) is 2.98. The van der Waals surface area contributed by atoms with Gasteiger partial charge in [-0.05, 0) is 24.3 Å². The van der Waals surface area contributed by atoms with Gasteiger partial charge < -0.3 is 10.2 Å². The standard InChI is InChI=1S/C17H15ClN4O2/c1-22(10-15(23)19-12-6-4-5-11(18)9-12)17(24)16-13-7-2-3-8-14(13)20-21-16/h2-9H,10H2,1H3,(H,19,23)(H,20,21). The van der Waals surface area contributed by atoms with E-state index in [0.717, 1.165) is 10.9 Å². The van der Waals surface area contributed by atoms with E-state index in [1.54, 1.807) is 31.3 Å². The minimum atomic E-state index is -0.325. The number of carbonyl (C=O) groups is 2. The molecule has 6 nitrogen and oxygen atoms in total. The van der Waals surface area contributed by atoms with Crippen LogP contribution in [0.2, 0.25) is 5.02 Å². The lowest BCUT2D eigenvalue weighted by Crippen LogP contribution is -2.35. The van der Waals surface area contributed by atoms with Gasteiger partial charge in [-0.15, -0.1) is 0 Å². The van der Waals surface area contributed by atoms with E-state index in [9.17, 15) is 9.59 Å². The Balaban J connectivity index is 1.69. The largest absolute Gasteiger partial charge is 0.331 e. The molecule has 2 aromatic carbocycles. The van der Waals surface area contributed by atoms with Crippen molar-refractivity contribution in [3.8, 4) is 0 Å². The molecule has 7 heteroatoms. The van der Waals surface area contributed by atoms with Gasteiger partial charge in [-0.1, -0.05) is 35.9 Å². The van der Waals surface area contributed by atoms with E-state index in [1.807, 2.05) is 24.3 Å². The van der Waals surface area contributed by atoms with Crippen LogP contribution in [0.1, 0.15) is 10.5 Å². The molecule has 0 saturated heterocycles. The van der Waals surface area contributed by atoms with E-state index in [1.165, 1.54) is 4.90 Å². The van der Waals surface area contributed by atoms with Crippen molar-refractivity contribution >= 4 is 40.0 Å². The van der Waals surface area contributed by atoms with Gasteiger partial charge in [0.05, 0.1) is 12.1 Å². The van der Waals surface area contributed by atoms with Gasteiger partial charge in [0, 0.05) is 23.1 Å². The Morgan fingerprint density at radius 3 is 2.79 bits per heavy atom. The number of fused-ring (bicyclic) bond motifs is 1. The van der Waals surface area contributed by atoms with Crippen LogP contribution >= 0.6 is 11.6 Å². The molecule has 0 saturated carbocycles. The minimum Gasteiger partial charge on any atom is -0.331 e. The zero-order valence-corrected chi connectivity index (χ0v) is 13.7. The first-order valence-electron chi connectivity index (χ1n) is 7.28. The van der Waals surface area contributed by atoms with Crippen molar-refractivity contribution in [3.63, 3.8) is 0 Å². The zero-order chi connectivity index (χ0) is 17.1. The maximum atomic E-state index is 12.5. The van der Waals surface area contributed by atoms with Gasteiger partial charge in [0.1, 0.15) is 0 Å². The Hall–Kier alpha value is -2.86. The summed E-state index contributed by atoms with van der Waals surface area (Å²) in [5.41, 5.74) is 1.65. The van der Waals surface area contributed by atoms with Crippen molar-refractivity contribution in [2.45, 2.75) is 0 Å². The van der Waals surface area contributed by atoms with Gasteiger partial charge in [-0.25, -0.2) is 0 Å². The molecule has 122 valence electrons. The fourth-order valence-electron chi connectivity index (χ4n) is 2.36. The number of nitrogens with one attached hydrogen (secondary N) is 2. The molecule has 2 N–H and O–H groups in total. The first-order chi connectivity index (χ1) is 11.5. The summed E-state index contributed by atoms with van der Waals surface area (Å²) in [7, 11) is 1.56. The van der Waals surface area contributed by atoms with Gasteiger partial charge >= 0.3 is 0 Å². The van der Waals surface area contributed by atoms with Crippen molar-refractivity contribution < 1.29 is 9.59 Å². The second-order valence-electron chi connectivity index (χ2n) is 5.34. The second kappa shape index (κ2) is 6.72. The number of rotatable bonds is 4. The predicted molar refractivity (Wildman–Crippen MR) is 93.1 cm³/mol. The number of amides is 2. The maximum Gasteiger partial charge on any atom is 0.275 e. The number of likely N-dealkylation sites (N-methyl/N-ethyl adjacent to an activating group) is 1. The number of benzene rings is 2. The molecule has 0 aliphatic heterocycles. The van der Waals surface area contributed by atoms with Crippen LogP contribution in [-0.2, 0) is 4.79 Å². The predicted octanol–water partition coefficient (Wildman–Crippen LogP) is 2.93. The van der Waals surface area contributed by atoms with E-state index in [4.69, 9.17) is 11.6 Å². The third kappa shape index (κ3) is 3.38. The Bertz CT molecular complexity index is 906. The topological polar surface area (TPSA) is 78.1 Å². The molecule has 0 bridgehead atoms. The van der Waals surface area contributed by atoms with Crippen LogP contribution in [0.3, 0.4) is 0 Å². The van der Waals surface area contributed by atoms with Crippen molar-refractivity contribution in [1.29, 1.82) is 0 Å². The first kappa shape index (κ1) is 16.0. The number of hydrogen-bond donors (Lipinski definition) is 2. The van der Waals surface area contributed by atoms with E-state index >= 15 is 0 Å². The summed E-state index contributed by atoms with van der Waals surface area (Å²) in [6.45, 7) is -0.0907. The smallest absolute Gasteiger partial charge is 0.275 e. The van der Waals surface area contributed by atoms with Crippen molar-refractivity contribution in [3.05, 3.63) is 59.2 Å². The third-order valence-corrected chi connectivity index (χ3v) is 3.74. The Morgan fingerprint density at radius 1 is 1.21 bits per heavy atom. The third-order valence-electron chi connectivity index (χ3n) is 3.51. The van der Waals surface area contributed by atoms with Crippen LogP contribution in [0.15, 0.2) is 48.5 Å². The summed E-state index contributed by atoms with van der Waals surface area (Å²) < 4.78 is 0. The van der Waals surface area contributed by atoms with Crippen molar-refractivity contribution in [2.75, 3.05) is 18.9 Å². The number of hydrogen-bond acceptors (Lipinski definition) is 3. The van der Waals surface area contributed by atoms with Crippen LogP contribution in [0.25, 0.3) is 10.9 Å². The molecular formula is C17H15ClN4O2. The van der Waals surface area contributed by atoms with Crippen molar-refractivity contribution in [2.24, 2.45) is 0 Å². The summed E-state index contributed by atoms with van der Waals surface area (Å²) in [5.74, 6) is -0.637. The molecule has 0 unspecified atom stereocenters. The van der Waals surface area contributed by atoms with E-state index in [0.29, 0.717) is 16.4 Å². The highest BCUT2D eigenvalue weighted by molar-refractivity contribution is 6.30. The quantitative estimate of drug-likeness (QED) is 0.765. The fraction of sp³-hybridized carbons (Fsp3) is 0.118. The molecule has 3 aromatic rings. The molecule has 1 aromatic heterocycles. The number of nitrogens with zero attached hydrogens (tertiary/aromatic N) is 2. The molecule has 0 aliphatic carbocycles. The number of aromatic amines is 1. The molecule has 3 rings (SSSR count). The van der Waals surface area contributed by atoms with Crippen LogP contribution in [0, 0.1) is 0 Å². The molecule has 0 aliphatic rings. The SMILES string of the molecule is CN(CC(=O)Nc1cccc(Cl)c1)C(=O)c1n[nH]c2ccccc12. The van der Waals surface area contributed by atoms with Gasteiger partial charge in [-0.2, -0.15) is 5.10 Å². The monoisotopic (exact) mass is 342 g/mol. The van der Waals surface area contributed by atoms with Gasteiger partial charge in [0.15, 0.2) is 5.69 Å². The average molecular weight is 343 g/mol. The molecule has 2 amide bonds. The number of H-pyrrole nitrogens is 1. The number of anilines is 1. The van der Waals surface area contributed by atoms with Crippen LogP contribution in [0.4, 0.5) is 5.69 Å². The van der Waals surface area contributed by atoms with Gasteiger partial charge in [0.25, 0.3) is 5.91 Å². The first-order valence-corrected chi connectivity index (χ1v) is 7.66. The highest BCUT2D eigenvalue weighted by atomic mass is 35.5. The number of aromatic nitrogens is 2. The lowest BCUT2D eigenvalue weighted by atomic mass is 10.2. The molecule has 24 heavy (non-hydrogen) atoms. The summed E-state index contributed by atoms with van der Waals surface area (Å²) in [6.07, 6.45) is 0. The molecule has 1 heterocycles. The Kier molecular flexibility index (Phi) is 4.48. The fourth-order valence-corrected chi connectivity index (χ4v) is 2.55. The molecule has 0 atom stereocenters. The summed E-state index contributed by atoms with van der Waals surface area (Å²) in [4.78, 5) is 25.9. The number of para-hydroxylation sites is 1. The normalized spacial score (nSPS) is 10.6. The zero-order valence-electron chi connectivity index (χ0n) is 12.9. The van der Waals surface area contributed by atoms with E-state index in [2.05, 4.69) is 15.5 Å². The van der Waals surface area contributed by atoms with E-state index < -0.39 is 0 Å². The lowest BCUT2D eigenvalue weighted by Gasteiger charge is -2.15. The lowest BCUT2D eigenvalue weighted by molar-refractivity contribution is -0.116. The molecule has 0 radical (unpaired) electrons. The second-order valence-corrected chi connectivity index (χ2v) is 5.77. The molecule has 0 spiro atoms. The van der Waals surface area contributed by atoms with Crippen LogP contribution < -0.4 is 5.32 Å². The number of carbonyl (C=O) groups excluding carboxylic acids is 2.